The number of hydrogen-bond donors (Lipinski definition) is 1. The highest BCUT2D eigenvalue weighted by atomic mass is 19.3. The van der Waals surface area contributed by atoms with Gasteiger partial charge in [-0.25, -0.2) is 0 Å². The van der Waals surface area contributed by atoms with Crippen molar-refractivity contribution < 1.29 is 13.5 Å². The van der Waals surface area contributed by atoms with Crippen LogP contribution in [0.25, 0.3) is 0 Å². The van der Waals surface area contributed by atoms with E-state index in [1.807, 2.05) is 12.1 Å². The number of piperidine rings is 1. The van der Waals surface area contributed by atoms with Crippen LogP contribution in [0.1, 0.15) is 24.3 Å². The first kappa shape index (κ1) is 11.3. The minimum Gasteiger partial charge on any atom is -0.435 e. The van der Waals surface area contributed by atoms with Gasteiger partial charge in [0.1, 0.15) is 5.75 Å². The molecule has 1 fully saturated rings. The van der Waals surface area contributed by atoms with Gasteiger partial charge in [-0.2, -0.15) is 8.78 Å². The number of halogens is 2. The molecular weight excluding hydrogens is 212 g/mol. The van der Waals surface area contributed by atoms with Gasteiger partial charge in [0.25, 0.3) is 0 Å². The van der Waals surface area contributed by atoms with Crippen molar-refractivity contribution in [2.45, 2.75) is 25.4 Å². The molecular formula is C12H15F2NO. The number of nitrogens with one attached hydrogen (secondary N) is 1. The van der Waals surface area contributed by atoms with Gasteiger partial charge >= 0.3 is 6.61 Å². The molecule has 16 heavy (non-hydrogen) atoms. The molecule has 1 aliphatic heterocycles. The van der Waals surface area contributed by atoms with Crippen LogP contribution in [-0.4, -0.2) is 19.7 Å². The maximum absolute atomic E-state index is 11.9. The fourth-order valence-corrected chi connectivity index (χ4v) is 2.08. The Morgan fingerprint density at radius 3 is 2.31 bits per heavy atom. The summed E-state index contributed by atoms with van der Waals surface area (Å²) in [5.74, 6) is 0.773. The molecule has 1 aromatic carbocycles. The molecule has 1 aromatic rings. The second kappa shape index (κ2) is 5.25. The molecule has 1 N–H and O–H groups in total. The second-order valence-corrected chi connectivity index (χ2v) is 3.97. The molecule has 1 heterocycles. The molecule has 0 saturated carbocycles. The van der Waals surface area contributed by atoms with Crippen LogP contribution in [0.15, 0.2) is 24.3 Å². The van der Waals surface area contributed by atoms with Crippen molar-refractivity contribution in [1.29, 1.82) is 0 Å². The Morgan fingerprint density at radius 1 is 1.12 bits per heavy atom. The summed E-state index contributed by atoms with van der Waals surface area (Å²) in [6.07, 6.45) is 2.21. The lowest BCUT2D eigenvalue weighted by atomic mass is 9.90. The van der Waals surface area contributed by atoms with E-state index < -0.39 is 6.61 Å². The molecule has 0 atom stereocenters. The third-order valence-corrected chi connectivity index (χ3v) is 2.92. The van der Waals surface area contributed by atoms with Gasteiger partial charge in [0, 0.05) is 0 Å². The van der Waals surface area contributed by atoms with Crippen molar-refractivity contribution in [3.05, 3.63) is 29.8 Å². The molecule has 0 amide bonds. The van der Waals surface area contributed by atoms with Gasteiger partial charge in [-0.15, -0.1) is 0 Å². The van der Waals surface area contributed by atoms with E-state index in [1.54, 1.807) is 12.1 Å². The van der Waals surface area contributed by atoms with Gasteiger partial charge in [-0.05, 0) is 49.5 Å². The Balaban J connectivity index is 2.00. The third-order valence-electron chi connectivity index (χ3n) is 2.92. The quantitative estimate of drug-likeness (QED) is 0.857. The SMILES string of the molecule is FC(F)Oc1ccc(C2CCNCC2)cc1. The van der Waals surface area contributed by atoms with Gasteiger partial charge in [0.15, 0.2) is 0 Å². The summed E-state index contributed by atoms with van der Waals surface area (Å²) in [4.78, 5) is 0. The van der Waals surface area contributed by atoms with E-state index in [4.69, 9.17) is 0 Å². The third kappa shape index (κ3) is 2.92. The molecule has 2 rings (SSSR count). The zero-order valence-corrected chi connectivity index (χ0v) is 8.96. The van der Waals surface area contributed by atoms with Crippen molar-refractivity contribution in [3.63, 3.8) is 0 Å². The van der Waals surface area contributed by atoms with Gasteiger partial charge < -0.3 is 10.1 Å². The van der Waals surface area contributed by atoms with Gasteiger partial charge in [0.2, 0.25) is 0 Å². The maximum Gasteiger partial charge on any atom is 0.387 e. The number of rotatable bonds is 3. The first-order chi connectivity index (χ1) is 7.75. The van der Waals surface area contributed by atoms with E-state index in [2.05, 4.69) is 10.1 Å². The lowest BCUT2D eigenvalue weighted by Gasteiger charge is -2.23. The smallest absolute Gasteiger partial charge is 0.387 e. The molecule has 1 aliphatic rings. The zero-order chi connectivity index (χ0) is 11.4. The molecule has 0 aromatic heterocycles. The van der Waals surface area contributed by atoms with Gasteiger partial charge in [0.05, 0.1) is 0 Å². The van der Waals surface area contributed by atoms with Crippen LogP contribution < -0.4 is 10.1 Å². The fourth-order valence-electron chi connectivity index (χ4n) is 2.08. The summed E-state index contributed by atoms with van der Waals surface area (Å²) < 4.78 is 28.2. The average molecular weight is 227 g/mol. The predicted molar refractivity (Wildman–Crippen MR) is 57.9 cm³/mol. The minimum absolute atomic E-state index is 0.229. The first-order valence-corrected chi connectivity index (χ1v) is 5.51. The zero-order valence-electron chi connectivity index (χ0n) is 8.96. The Kier molecular flexibility index (Phi) is 3.72. The molecule has 0 radical (unpaired) electrons. The molecule has 2 nitrogen and oxygen atoms in total. The normalized spacial score (nSPS) is 17.7. The number of benzene rings is 1. The summed E-state index contributed by atoms with van der Waals surface area (Å²) in [7, 11) is 0. The van der Waals surface area contributed by atoms with Crippen molar-refractivity contribution in [1.82, 2.24) is 5.32 Å². The Morgan fingerprint density at radius 2 is 1.75 bits per heavy atom. The Labute approximate surface area is 93.6 Å². The van der Waals surface area contributed by atoms with Crippen LogP contribution in [0.3, 0.4) is 0 Å². The fraction of sp³-hybridized carbons (Fsp3) is 0.500. The van der Waals surface area contributed by atoms with E-state index in [9.17, 15) is 8.78 Å². The Hall–Kier alpha value is -1.16. The van der Waals surface area contributed by atoms with E-state index in [0.717, 1.165) is 25.9 Å². The monoisotopic (exact) mass is 227 g/mol. The summed E-state index contributed by atoms with van der Waals surface area (Å²) >= 11 is 0. The molecule has 4 heteroatoms. The Bertz CT molecular complexity index is 320. The van der Waals surface area contributed by atoms with Crippen LogP contribution >= 0.6 is 0 Å². The van der Waals surface area contributed by atoms with E-state index >= 15 is 0 Å². The van der Waals surface area contributed by atoms with Gasteiger partial charge in [-0.1, -0.05) is 12.1 Å². The van der Waals surface area contributed by atoms with Crippen LogP contribution in [0.2, 0.25) is 0 Å². The number of hydrogen-bond acceptors (Lipinski definition) is 2. The van der Waals surface area contributed by atoms with Gasteiger partial charge in [-0.3, -0.25) is 0 Å². The highest BCUT2D eigenvalue weighted by Gasteiger charge is 2.15. The van der Waals surface area contributed by atoms with Crippen LogP contribution in [-0.2, 0) is 0 Å². The molecule has 0 bridgehead atoms. The van der Waals surface area contributed by atoms with E-state index in [-0.39, 0.29) is 5.75 Å². The first-order valence-electron chi connectivity index (χ1n) is 5.51. The lowest BCUT2D eigenvalue weighted by molar-refractivity contribution is -0.0498. The highest BCUT2D eigenvalue weighted by Crippen LogP contribution is 2.26. The molecule has 0 spiro atoms. The van der Waals surface area contributed by atoms with Crippen molar-refractivity contribution in [3.8, 4) is 5.75 Å². The highest BCUT2D eigenvalue weighted by molar-refractivity contribution is 5.29. The van der Waals surface area contributed by atoms with Crippen LogP contribution in [0.4, 0.5) is 8.78 Å². The number of ether oxygens (including phenoxy) is 1. The summed E-state index contributed by atoms with van der Waals surface area (Å²) in [5, 5.41) is 3.30. The molecule has 0 aliphatic carbocycles. The largest absolute Gasteiger partial charge is 0.435 e. The van der Waals surface area contributed by atoms with E-state index in [0.29, 0.717) is 5.92 Å². The predicted octanol–water partition coefficient (Wildman–Crippen LogP) is 2.76. The minimum atomic E-state index is -2.75. The van der Waals surface area contributed by atoms with Crippen LogP contribution in [0.5, 0.6) is 5.75 Å². The molecule has 1 saturated heterocycles. The molecule has 88 valence electrons. The molecule has 0 unspecified atom stereocenters. The second-order valence-electron chi connectivity index (χ2n) is 3.97. The maximum atomic E-state index is 11.9. The van der Waals surface area contributed by atoms with Crippen molar-refractivity contribution in [2.24, 2.45) is 0 Å². The standard InChI is InChI=1S/C12H15F2NO/c13-12(14)16-11-3-1-9(2-4-11)10-5-7-15-8-6-10/h1-4,10,12,15H,5-8H2. The lowest BCUT2D eigenvalue weighted by Crippen LogP contribution is -2.26. The van der Waals surface area contributed by atoms with Crippen LogP contribution in [0, 0.1) is 0 Å². The summed E-state index contributed by atoms with van der Waals surface area (Å²) in [6.45, 7) is -0.690. The average Bonchev–Trinajstić information content (AvgIpc) is 2.30. The number of alkyl halides is 2. The topological polar surface area (TPSA) is 21.3 Å². The van der Waals surface area contributed by atoms with Crippen molar-refractivity contribution >= 4 is 0 Å². The summed E-state index contributed by atoms with van der Waals surface area (Å²) in [5.41, 5.74) is 1.21. The van der Waals surface area contributed by atoms with E-state index in [1.165, 1.54) is 5.56 Å². The van der Waals surface area contributed by atoms with Crippen molar-refractivity contribution in [2.75, 3.05) is 13.1 Å². The summed E-state index contributed by atoms with van der Waals surface area (Å²) in [6, 6.07) is 6.99.